The van der Waals surface area contributed by atoms with Crippen LogP contribution in [0.1, 0.15) is 22.9 Å². The summed E-state index contributed by atoms with van der Waals surface area (Å²) in [5.41, 5.74) is 4.15. The van der Waals surface area contributed by atoms with Crippen LogP contribution in [0.4, 0.5) is 0 Å². The molecule has 6 heteroatoms. The van der Waals surface area contributed by atoms with Crippen molar-refractivity contribution in [2.75, 3.05) is 19.9 Å². The Morgan fingerprint density at radius 2 is 2.04 bits per heavy atom. The van der Waals surface area contributed by atoms with E-state index in [1.54, 1.807) is 6.08 Å². The Bertz CT molecular complexity index is 1060. The highest BCUT2D eigenvalue weighted by atomic mass is 16.7. The summed E-state index contributed by atoms with van der Waals surface area (Å²) in [7, 11) is 0. The van der Waals surface area contributed by atoms with E-state index >= 15 is 0 Å². The number of fused-ring (bicyclic) bond motifs is 2. The van der Waals surface area contributed by atoms with Gasteiger partial charge in [-0.2, -0.15) is 0 Å². The lowest BCUT2D eigenvalue weighted by Gasteiger charge is -2.37. The Balaban J connectivity index is 1.22. The third-order valence-corrected chi connectivity index (χ3v) is 5.05. The first-order valence-electron chi connectivity index (χ1n) is 8.98. The summed E-state index contributed by atoms with van der Waals surface area (Å²) >= 11 is 0. The molecule has 136 valence electrons. The predicted octanol–water partition coefficient (Wildman–Crippen LogP) is 3.24. The average Bonchev–Trinajstić information content (AvgIpc) is 3.24. The van der Waals surface area contributed by atoms with Crippen molar-refractivity contribution in [2.24, 2.45) is 0 Å². The van der Waals surface area contributed by atoms with Crippen LogP contribution >= 0.6 is 0 Å². The lowest BCUT2D eigenvalue weighted by molar-refractivity contribution is -0.130. The second kappa shape index (κ2) is 6.16. The van der Waals surface area contributed by atoms with E-state index in [1.807, 2.05) is 35.2 Å². The summed E-state index contributed by atoms with van der Waals surface area (Å²) in [6.45, 7) is 3.68. The van der Waals surface area contributed by atoms with Gasteiger partial charge in [0, 0.05) is 19.2 Å². The number of carbonyl (C=O) groups is 1. The van der Waals surface area contributed by atoms with Crippen molar-refractivity contribution >= 4 is 23.0 Å². The molecule has 1 saturated heterocycles. The number of aryl methyl sites for hydroxylation is 1. The Labute approximate surface area is 156 Å². The highest BCUT2D eigenvalue weighted by Crippen LogP contribution is 2.33. The zero-order valence-corrected chi connectivity index (χ0v) is 14.9. The maximum Gasteiger partial charge on any atom is 0.246 e. The molecule has 3 aromatic rings. The fraction of sp³-hybridized carbons (Fsp3) is 0.238. The van der Waals surface area contributed by atoms with Crippen LogP contribution in [-0.2, 0) is 4.79 Å². The van der Waals surface area contributed by atoms with E-state index in [0.29, 0.717) is 18.8 Å². The van der Waals surface area contributed by atoms with Gasteiger partial charge in [-0.1, -0.05) is 12.1 Å². The molecule has 0 spiro atoms. The number of aromatic amines is 1. The number of hydrogen-bond acceptors (Lipinski definition) is 4. The lowest BCUT2D eigenvalue weighted by atomic mass is 9.99. The Morgan fingerprint density at radius 1 is 1.19 bits per heavy atom. The van der Waals surface area contributed by atoms with Crippen molar-refractivity contribution in [1.29, 1.82) is 0 Å². The van der Waals surface area contributed by atoms with Crippen molar-refractivity contribution in [3.05, 3.63) is 59.4 Å². The number of aromatic nitrogens is 2. The maximum absolute atomic E-state index is 12.4. The van der Waals surface area contributed by atoms with Crippen molar-refractivity contribution in [2.45, 2.75) is 12.8 Å². The molecule has 0 aliphatic carbocycles. The number of benzene rings is 2. The van der Waals surface area contributed by atoms with Crippen LogP contribution in [0.5, 0.6) is 11.5 Å². The number of H-pyrrole nitrogens is 1. The van der Waals surface area contributed by atoms with E-state index in [-0.39, 0.29) is 18.6 Å². The summed E-state index contributed by atoms with van der Waals surface area (Å²) in [6, 6.07) is 11.8. The summed E-state index contributed by atoms with van der Waals surface area (Å²) < 4.78 is 10.7. The first-order chi connectivity index (χ1) is 13.2. The number of carbonyl (C=O) groups excluding carboxylic acids is 1. The van der Waals surface area contributed by atoms with Crippen molar-refractivity contribution in [3.8, 4) is 11.5 Å². The molecule has 2 aliphatic rings. The summed E-state index contributed by atoms with van der Waals surface area (Å²) in [4.78, 5) is 22.3. The van der Waals surface area contributed by atoms with Gasteiger partial charge in [0.25, 0.3) is 0 Å². The van der Waals surface area contributed by atoms with Crippen LogP contribution in [0.2, 0.25) is 0 Å². The van der Waals surface area contributed by atoms with E-state index in [0.717, 1.165) is 28.2 Å². The van der Waals surface area contributed by atoms with Crippen molar-refractivity contribution in [1.82, 2.24) is 14.9 Å². The standard InChI is InChI=1S/C21H19N3O3/c1-13-2-5-16-17(8-13)23-21(22-16)15-10-24(11-15)20(25)7-4-14-3-6-18-19(9-14)27-12-26-18/h2-9,15H,10-12H2,1H3,(H,22,23)/b7-4+. The van der Waals surface area contributed by atoms with Crippen LogP contribution in [0.25, 0.3) is 17.1 Å². The summed E-state index contributed by atoms with van der Waals surface area (Å²) in [5, 5.41) is 0. The number of hydrogen-bond donors (Lipinski definition) is 1. The molecule has 2 aliphatic heterocycles. The number of nitrogens with zero attached hydrogens (tertiary/aromatic N) is 2. The predicted molar refractivity (Wildman–Crippen MR) is 102 cm³/mol. The topological polar surface area (TPSA) is 67.5 Å². The minimum Gasteiger partial charge on any atom is -0.454 e. The molecule has 0 radical (unpaired) electrons. The van der Waals surface area contributed by atoms with Crippen LogP contribution in [0, 0.1) is 6.92 Å². The zero-order valence-electron chi connectivity index (χ0n) is 14.9. The van der Waals surface area contributed by atoms with E-state index in [4.69, 9.17) is 9.47 Å². The van der Waals surface area contributed by atoms with Gasteiger partial charge in [-0.05, 0) is 48.4 Å². The molecule has 1 amide bonds. The molecule has 6 nitrogen and oxygen atoms in total. The number of likely N-dealkylation sites (tertiary alicyclic amines) is 1. The second-order valence-corrected chi connectivity index (χ2v) is 7.03. The normalized spacial score (nSPS) is 16.3. The number of amides is 1. The Morgan fingerprint density at radius 3 is 2.93 bits per heavy atom. The lowest BCUT2D eigenvalue weighted by Crippen LogP contribution is -2.48. The molecular formula is C21H19N3O3. The van der Waals surface area contributed by atoms with Crippen LogP contribution in [0.15, 0.2) is 42.5 Å². The van der Waals surface area contributed by atoms with Gasteiger partial charge in [-0.15, -0.1) is 0 Å². The Kier molecular flexibility index (Phi) is 3.63. The van der Waals surface area contributed by atoms with Crippen LogP contribution in [0.3, 0.4) is 0 Å². The molecule has 1 fully saturated rings. The van der Waals surface area contributed by atoms with Gasteiger partial charge in [-0.25, -0.2) is 4.98 Å². The zero-order chi connectivity index (χ0) is 18.4. The fourth-order valence-electron chi connectivity index (χ4n) is 3.46. The highest BCUT2D eigenvalue weighted by Gasteiger charge is 2.32. The quantitative estimate of drug-likeness (QED) is 0.727. The monoisotopic (exact) mass is 361 g/mol. The summed E-state index contributed by atoms with van der Waals surface area (Å²) in [6.07, 6.45) is 3.41. The van der Waals surface area contributed by atoms with Crippen molar-refractivity contribution in [3.63, 3.8) is 0 Å². The van der Waals surface area contributed by atoms with Gasteiger partial charge >= 0.3 is 0 Å². The molecule has 1 aromatic heterocycles. The van der Waals surface area contributed by atoms with E-state index in [2.05, 4.69) is 29.0 Å². The molecule has 1 N–H and O–H groups in total. The molecule has 0 bridgehead atoms. The van der Waals surface area contributed by atoms with Crippen LogP contribution < -0.4 is 9.47 Å². The van der Waals surface area contributed by atoms with E-state index in [9.17, 15) is 4.79 Å². The summed E-state index contributed by atoms with van der Waals surface area (Å²) in [5.74, 6) is 2.69. The smallest absolute Gasteiger partial charge is 0.246 e. The third-order valence-electron chi connectivity index (χ3n) is 5.05. The van der Waals surface area contributed by atoms with Gasteiger partial charge in [0.15, 0.2) is 11.5 Å². The number of nitrogens with one attached hydrogen (secondary N) is 1. The van der Waals surface area contributed by atoms with Crippen LogP contribution in [-0.4, -0.2) is 40.7 Å². The second-order valence-electron chi connectivity index (χ2n) is 7.03. The molecule has 0 unspecified atom stereocenters. The first kappa shape index (κ1) is 15.9. The Hall–Kier alpha value is -3.28. The van der Waals surface area contributed by atoms with E-state index in [1.165, 1.54) is 5.56 Å². The molecule has 3 heterocycles. The minimum atomic E-state index is 0.0101. The molecule has 27 heavy (non-hydrogen) atoms. The van der Waals surface area contributed by atoms with Gasteiger partial charge < -0.3 is 19.4 Å². The molecule has 0 saturated carbocycles. The first-order valence-corrected chi connectivity index (χ1v) is 8.98. The molecule has 0 atom stereocenters. The van der Waals surface area contributed by atoms with E-state index < -0.39 is 0 Å². The third kappa shape index (κ3) is 2.93. The van der Waals surface area contributed by atoms with Gasteiger partial charge in [0.05, 0.1) is 17.0 Å². The van der Waals surface area contributed by atoms with Gasteiger partial charge in [0.2, 0.25) is 12.7 Å². The minimum absolute atomic E-state index is 0.0101. The molecular weight excluding hydrogens is 342 g/mol. The number of rotatable bonds is 3. The van der Waals surface area contributed by atoms with Gasteiger partial charge in [-0.3, -0.25) is 4.79 Å². The largest absolute Gasteiger partial charge is 0.454 e. The molecule has 2 aromatic carbocycles. The fourth-order valence-corrected chi connectivity index (χ4v) is 3.46. The van der Waals surface area contributed by atoms with Gasteiger partial charge in [0.1, 0.15) is 5.82 Å². The SMILES string of the molecule is Cc1ccc2nc(C3CN(C(=O)/C=C/c4ccc5c(c4)OCO5)C3)[nH]c2c1. The van der Waals surface area contributed by atoms with Crippen molar-refractivity contribution < 1.29 is 14.3 Å². The maximum atomic E-state index is 12.4. The highest BCUT2D eigenvalue weighted by molar-refractivity contribution is 5.92. The average molecular weight is 361 g/mol. The number of ether oxygens (including phenoxy) is 2. The number of imidazole rings is 1. The molecule has 5 rings (SSSR count).